The summed E-state index contributed by atoms with van der Waals surface area (Å²) in [5.74, 6) is 0. The highest BCUT2D eigenvalue weighted by atomic mass is 32.1. The zero-order chi connectivity index (χ0) is 12.0. The normalized spacial score (nSPS) is 13.3. The Bertz CT molecular complexity index is 301. The molecule has 0 saturated carbocycles. The zero-order valence-electron chi connectivity index (χ0n) is 10.7. The first-order chi connectivity index (χ1) is 7.71. The minimum absolute atomic E-state index is 0.446. The van der Waals surface area contributed by atoms with E-state index in [4.69, 9.17) is 4.74 Å². The van der Waals surface area contributed by atoms with Crippen molar-refractivity contribution in [3.63, 3.8) is 0 Å². The molecule has 0 amide bonds. The molecule has 16 heavy (non-hydrogen) atoms. The van der Waals surface area contributed by atoms with E-state index < -0.39 is 0 Å². The molecule has 1 atom stereocenters. The first-order valence-electron chi connectivity index (χ1n) is 5.87. The predicted molar refractivity (Wildman–Crippen MR) is 68.9 cm³/mol. The van der Waals surface area contributed by atoms with Gasteiger partial charge >= 0.3 is 0 Å². The molecule has 1 aromatic rings. The highest BCUT2D eigenvalue weighted by molar-refractivity contribution is 7.09. The van der Waals surface area contributed by atoms with Crippen LogP contribution >= 0.6 is 11.3 Å². The van der Waals surface area contributed by atoms with Gasteiger partial charge < -0.3 is 4.74 Å². The Labute approximate surface area is 102 Å². The lowest BCUT2D eigenvalue weighted by atomic mass is 10.3. The quantitative estimate of drug-likeness (QED) is 0.735. The number of aryl methyl sites for hydroxylation is 1. The summed E-state index contributed by atoms with van der Waals surface area (Å²) in [4.78, 5) is 6.98. The molecule has 0 bridgehead atoms. The molecule has 0 fully saturated rings. The second kappa shape index (κ2) is 6.99. The molecule has 0 aliphatic carbocycles. The topological polar surface area (TPSA) is 25.4 Å². The van der Waals surface area contributed by atoms with E-state index in [9.17, 15) is 0 Å². The third-order valence-corrected chi connectivity index (χ3v) is 3.75. The molecule has 4 heteroatoms. The third kappa shape index (κ3) is 3.85. The number of aromatic nitrogens is 1. The van der Waals surface area contributed by atoms with Gasteiger partial charge in [-0.1, -0.05) is 13.8 Å². The van der Waals surface area contributed by atoms with Crippen LogP contribution in [-0.2, 0) is 17.7 Å². The summed E-state index contributed by atoms with van der Waals surface area (Å²) in [5, 5.41) is 3.39. The first kappa shape index (κ1) is 13.6. The van der Waals surface area contributed by atoms with Gasteiger partial charge in [0.15, 0.2) is 0 Å². The van der Waals surface area contributed by atoms with Crippen LogP contribution in [-0.4, -0.2) is 36.2 Å². The van der Waals surface area contributed by atoms with Crippen molar-refractivity contribution in [1.82, 2.24) is 9.88 Å². The molecule has 1 heterocycles. The second-order valence-electron chi connectivity index (χ2n) is 3.95. The summed E-state index contributed by atoms with van der Waals surface area (Å²) in [7, 11) is 1.75. The molecular weight excluding hydrogens is 220 g/mol. The van der Waals surface area contributed by atoms with Crippen LogP contribution in [0.2, 0.25) is 0 Å². The minimum atomic E-state index is 0.446. The van der Waals surface area contributed by atoms with Gasteiger partial charge in [0, 0.05) is 25.1 Å². The highest BCUT2D eigenvalue weighted by Crippen LogP contribution is 2.13. The molecule has 0 aliphatic rings. The maximum absolute atomic E-state index is 5.19. The average molecular weight is 242 g/mol. The molecule has 1 rings (SSSR count). The molecule has 92 valence electrons. The van der Waals surface area contributed by atoms with Gasteiger partial charge in [-0.15, -0.1) is 11.3 Å². The van der Waals surface area contributed by atoms with Crippen LogP contribution in [0.3, 0.4) is 0 Å². The first-order valence-corrected chi connectivity index (χ1v) is 6.75. The van der Waals surface area contributed by atoms with Crippen molar-refractivity contribution in [3.8, 4) is 0 Å². The smallest absolute Gasteiger partial charge is 0.0926 e. The highest BCUT2D eigenvalue weighted by Gasteiger charge is 2.13. The van der Waals surface area contributed by atoms with Crippen molar-refractivity contribution < 1.29 is 4.74 Å². The van der Waals surface area contributed by atoms with E-state index in [0.29, 0.717) is 6.04 Å². The average Bonchev–Trinajstić information content (AvgIpc) is 2.73. The summed E-state index contributed by atoms with van der Waals surface area (Å²) in [6.07, 6.45) is 1.03. The number of thiazole rings is 1. The lowest BCUT2D eigenvalue weighted by Gasteiger charge is -2.26. The summed E-state index contributed by atoms with van der Waals surface area (Å²) in [6.45, 7) is 9.26. The predicted octanol–water partition coefficient (Wildman–Crippen LogP) is 2.56. The molecule has 3 nitrogen and oxygen atoms in total. The van der Waals surface area contributed by atoms with Crippen LogP contribution in [0.25, 0.3) is 0 Å². The van der Waals surface area contributed by atoms with E-state index in [2.05, 4.69) is 36.0 Å². The molecule has 0 saturated heterocycles. The van der Waals surface area contributed by atoms with Gasteiger partial charge in [0.1, 0.15) is 0 Å². The van der Waals surface area contributed by atoms with E-state index in [-0.39, 0.29) is 0 Å². The number of hydrogen-bond acceptors (Lipinski definition) is 4. The maximum Gasteiger partial charge on any atom is 0.0926 e. The van der Waals surface area contributed by atoms with Gasteiger partial charge in [-0.2, -0.15) is 0 Å². The van der Waals surface area contributed by atoms with E-state index in [0.717, 1.165) is 26.1 Å². The zero-order valence-corrected chi connectivity index (χ0v) is 11.5. The lowest BCUT2D eigenvalue weighted by molar-refractivity contribution is 0.0975. The lowest BCUT2D eigenvalue weighted by Crippen LogP contribution is -2.35. The fourth-order valence-electron chi connectivity index (χ4n) is 1.72. The molecule has 0 radical (unpaired) electrons. The number of likely N-dealkylation sites (N-methyl/N-ethyl adjacent to an activating group) is 1. The van der Waals surface area contributed by atoms with Crippen LogP contribution in [0.15, 0.2) is 5.38 Å². The summed E-state index contributed by atoms with van der Waals surface area (Å²) >= 11 is 1.76. The van der Waals surface area contributed by atoms with Gasteiger partial charge in [0.25, 0.3) is 0 Å². The number of ether oxygens (including phenoxy) is 1. The number of rotatable bonds is 7. The molecule has 1 aromatic heterocycles. The Balaban J connectivity index is 2.55. The molecular formula is C12H22N2OS. The van der Waals surface area contributed by atoms with Crippen LogP contribution in [0.4, 0.5) is 0 Å². The third-order valence-electron chi connectivity index (χ3n) is 2.70. The van der Waals surface area contributed by atoms with Crippen molar-refractivity contribution in [2.75, 3.05) is 20.3 Å². The fraction of sp³-hybridized carbons (Fsp3) is 0.750. The Morgan fingerprint density at radius 1 is 1.50 bits per heavy atom. The van der Waals surface area contributed by atoms with Crippen LogP contribution in [0.5, 0.6) is 0 Å². The summed E-state index contributed by atoms with van der Waals surface area (Å²) in [5.41, 5.74) is 1.19. The van der Waals surface area contributed by atoms with Gasteiger partial charge in [-0.05, 0) is 19.9 Å². The Morgan fingerprint density at radius 3 is 2.75 bits per heavy atom. The Hall–Kier alpha value is -0.450. The SMILES string of the molecule is CCc1nc(CN(CC)[C@H](C)COC)cs1. The second-order valence-corrected chi connectivity index (χ2v) is 4.90. The van der Waals surface area contributed by atoms with E-state index in [1.165, 1.54) is 10.7 Å². The van der Waals surface area contributed by atoms with Crippen LogP contribution < -0.4 is 0 Å². The molecule has 0 aliphatic heterocycles. The van der Waals surface area contributed by atoms with E-state index in [1.807, 2.05) is 0 Å². The standard InChI is InChI=1S/C12H22N2OS/c1-5-12-13-11(9-16-12)7-14(6-2)10(3)8-15-4/h9-10H,5-8H2,1-4H3/t10-/m1/s1. The number of methoxy groups -OCH3 is 1. The molecule has 0 aromatic carbocycles. The Kier molecular flexibility index (Phi) is 5.95. The summed E-state index contributed by atoms with van der Waals surface area (Å²) in [6, 6.07) is 0.446. The van der Waals surface area contributed by atoms with Crippen molar-refractivity contribution in [2.24, 2.45) is 0 Å². The van der Waals surface area contributed by atoms with Crippen molar-refractivity contribution in [1.29, 1.82) is 0 Å². The van der Waals surface area contributed by atoms with Gasteiger partial charge in [-0.25, -0.2) is 4.98 Å². The monoisotopic (exact) mass is 242 g/mol. The maximum atomic E-state index is 5.19. The van der Waals surface area contributed by atoms with Crippen molar-refractivity contribution >= 4 is 11.3 Å². The van der Waals surface area contributed by atoms with Crippen molar-refractivity contribution in [3.05, 3.63) is 16.1 Å². The fourth-order valence-corrected chi connectivity index (χ4v) is 2.45. The van der Waals surface area contributed by atoms with Crippen molar-refractivity contribution in [2.45, 2.75) is 39.8 Å². The summed E-state index contributed by atoms with van der Waals surface area (Å²) < 4.78 is 5.19. The van der Waals surface area contributed by atoms with Gasteiger partial charge in [-0.3, -0.25) is 4.90 Å². The van der Waals surface area contributed by atoms with E-state index >= 15 is 0 Å². The van der Waals surface area contributed by atoms with E-state index in [1.54, 1.807) is 18.4 Å². The van der Waals surface area contributed by atoms with Gasteiger partial charge in [0.2, 0.25) is 0 Å². The van der Waals surface area contributed by atoms with Gasteiger partial charge in [0.05, 0.1) is 17.3 Å². The Morgan fingerprint density at radius 2 is 2.25 bits per heavy atom. The van der Waals surface area contributed by atoms with Crippen LogP contribution in [0, 0.1) is 0 Å². The molecule has 0 unspecified atom stereocenters. The van der Waals surface area contributed by atoms with Crippen LogP contribution in [0.1, 0.15) is 31.5 Å². The molecule has 0 spiro atoms. The largest absolute Gasteiger partial charge is 0.383 e. The molecule has 0 N–H and O–H groups in total. The number of nitrogens with zero attached hydrogens (tertiary/aromatic N) is 2. The minimum Gasteiger partial charge on any atom is -0.383 e. The number of hydrogen-bond donors (Lipinski definition) is 0.